The third kappa shape index (κ3) is 3.93. The monoisotopic (exact) mass is 362 g/mol. The van der Waals surface area contributed by atoms with Crippen molar-refractivity contribution in [2.45, 2.75) is 38.0 Å². The molecule has 138 valence electrons. The average molecular weight is 362 g/mol. The first-order chi connectivity index (χ1) is 13.2. The van der Waals surface area contributed by atoms with Crippen molar-refractivity contribution in [1.82, 2.24) is 10.3 Å². The smallest absolute Gasteiger partial charge is 0.252 e. The molecule has 5 heteroatoms. The van der Waals surface area contributed by atoms with Gasteiger partial charge in [0.05, 0.1) is 24.3 Å². The fourth-order valence-corrected chi connectivity index (χ4v) is 3.71. The molecule has 4 rings (SSSR count). The van der Waals surface area contributed by atoms with E-state index in [0.717, 1.165) is 30.2 Å². The number of nitrogens with one attached hydrogen (secondary N) is 2. The standard InChI is InChI=1S/C22H22N2O3/c25-21-13-17(16-9-4-5-10-18(16)23-21)22(26)24-19-11-6-12-20(19)27-14-15-7-2-1-3-8-15/h1-5,7-10,13,19-20H,6,11-12,14H2,(H,23,25)(H,24,26)/t19-,20-/m1/s1. The maximum atomic E-state index is 12.9. The summed E-state index contributed by atoms with van der Waals surface area (Å²) in [6.07, 6.45) is 2.81. The first-order valence-electron chi connectivity index (χ1n) is 9.29. The number of rotatable bonds is 5. The molecule has 0 saturated heterocycles. The quantitative estimate of drug-likeness (QED) is 0.731. The Bertz CT molecular complexity index is 997. The number of carbonyl (C=O) groups excluding carboxylic acids is 1. The molecule has 1 aromatic heterocycles. The van der Waals surface area contributed by atoms with E-state index < -0.39 is 0 Å². The zero-order valence-corrected chi connectivity index (χ0v) is 15.0. The lowest BCUT2D eigenvalue weighted by Gasteiger charge is -2.22. The van der Waals surface area contributed by atoms with E-state index in [1.807, 2.05) is 48.5 Å². The number of ether oxygens (including phenoxy) is 1. The Hall–Kier alpha value is -2.92. The number of pyridine rings is 1. The van der Waals surface area contributed by atoms with Crippen LogP contribution in [0.15, 0.2) is 65.5 Å². The highest BCUT2D eigenvalue weighted by atomic mass is 16.5. The van der Waals surface area contributed by atoms with Crippen molar-refractivity contribution in [2.75, 3.05) is 0 Å². The lowest BCUT2D eigenvalue weighted by molar-refractivity contribution is 0.0272. The molecule has 0 spiro atoms. The van der Waals surface area contributed by atoms with Crippen molar-refractivity contribution in [1.29, 1.82) is 0 Å². The van der Waals surface area contributed by atoms with E-state index in [1.54, 1.807) is 6.07 Å². The van der Waals surface area contributed by atoms with Gasteiger partial charge in [-0.2, -0.15) is 0 Å². The minimum atomic E-state index is -0.276. The van der Waals surface area contributed by atoms with Gasteiger partial charge >= 0.3 is 0 Å². The van der Waals surface area contributed by atoms with Crippen LogP contribution in [0.25, 0.3) is 10.9 Å². The molecule has 1 heterocycles. The summed E-state index contributed by atoms with van der Waals surface area (Å²) in [6, 6.07) is 18.7. The molecule has 2 N–H and O–H groups in total. The summed E-state index contributed by atoms with van der Waals surface area (Å²) in [7, 11) is 0. The number of hydrogen-bond donors (Lipinski definition) is 2. The summed E-state index contributed by atoms with van der Waals surface area (Å²) < 4.78 is 6.07. The number of hydrogen-bond acceptors (Lipinski definition) is 3. The number of fused-ring (bicyclic) bond motifs is 1. The predicted molar refractivity (Wildman–Crippen MR) is 105 cm³/mol. The molecule has 1 aliphatic carbocycles. The van der Waals surface area contributed by atoms with Gasteiger partial charge in [0, 0.05) is 17.0 Å². The van der Waals surface area contributed by atoms with Crippen LogP contribution in [0.4, 0.5) is 0 Å². The first-order valence-corrected chi connectivity index (χ1v) is 9.29. The van der Waals surface area contributed by atoms with E-state index in [1.165, 1.54) is 6.07 Å². The van der Waals surface area contributed by atoms with Crippen molar-refractivity contribution in [3.05, 3.63) is 82.1 Å². The van der Waals surface area contributed by atoms with Crippen LogP contribution in [0.5, 0.6) is 0 Å². The zero-order valence-electron chi connectivity index (χ0n) is 15.0. The summed E-state index contributed by atoms with van der Waals surface area (Å²) in [5.41, 5.74) is 1.92. The van der Waals surface area contributed by atoms with Gasteiger partial charge in [-0.25, -0.2) is 0 Å². The Labute approximate surface area is 157 Å². The molecule has 0 unspecified atom stereocenters. The Morgan fingerprint density at radius 3 is 2.70 bits per heavy atom. The Morgan fingerprint density at radius 1 is 1.07 bits per heavy atom. The van der Waals surface area contributed by atoms with E-state index in [4.69, 9.17) is 4.74 Å². The maximum absolute atomic E-state index is 12.9. The molecule has 5 nitrogen and oxygen atoms in total. The topological polar surface area (TPSA) is 71.2 Å². The molecule has 1 amide bonds. The lowest BCUT2D eigenvalue weighted by atomic mass is 10.1. The molecule has 2 aromatic carbocycles. The Kier molecular flexibility index (Phi) is 5.03. The molecule has 2 atom stereocenters. The van der Waals surface area contributed by atoms with E-state index in [2.05, 4.69) is 10.3 Å². The second kappa shape index (κ2) is 7.76. The maximum Gasteiger partial charge on any atom is 0.252 e. The van der Waals surface area contributed by atoms with Gasteiger partial charge in [0.15, 0.2) is 0 Å². The number of H-pyrrole nitrogens is 1. The van der Waals surface area contributed by atoms with Gasteiger partial charge in [-0.1, -0.05) is 48.5 Å². The van der Waals surface area contributed by atoms with Gasteiger partial charge in [-0.3, -0.25) is 9.59 Å². The SMILES string of the molecule is O=C(N[C@@H]1CCC[C@H]1OCc1ccccc1)c1cc(=O)[nH]c2ccccc12. The van der Waals surface area contributed by atoms with Gasteiger partial charge in [0.25, 0.3) is 5.91 Å². The molecule has 0 radical (unpaired) electrons. The largest absolute Gasteiger partial charge is 0.371 e. The van der Waals surface area contributed by atoms with Gasteiger partial charge in [-0.05, 0) is 30.9 Å². The number of aromatic nitrogens is 1. The second-order valence-electron chi connectivity index (χ2n) is 6.94. The molecule has 0 aliphatic heterocycles. The van der Waals surface area contributed by atoms with Crippen molar-refractivity contribution in [2.24, 2.45) is 0 Å². The van der Waals surface area contributed by atoms with Crippen LogP contribution in [0.3, 0.4) is 0 Å². The minimum absolute atomic E-state index is 0.0117. The molecule has 3 aromatic rings. The molecular weight excluding hydrogens is 340 g/mol. The molecular formula is C22H22N2O3. The van der Waals surface area contributed by atoms with Gasteiger partial charge in [0.1, 0.15) is 0 Å². The predicted octanol–water partition coefficient (Wildman–Crippen LogP) is 3.40. The summed E-state index contributed by atoms with van der Waals surface area (Å²) in [5, 5.41) is 3.83. The van der Waals surface area contributed by atoms with Crippen LogP contribution < -0.4 is 10.9 Å². The second-order valence-corrected chi connectivity index (χ2v) is 6.94. The van der Waals surface area contributed by atoms with Crippen molar-refractivity contribution >= 4 is 16.8 Å². The fourth-order valence-electron chi connectivity index (χ4n) is 3.71. The summed E-state index contributed by atoms with van der Waals surface area (Å²) in [6.45, 7) is 0.534. The number of benzene rings is 2. The van der Waals surface area contributed by atoms with E-state index in [0.29, 0.717) is 17.7 Å². The fraction of sp³-hybridized carbons (Fsp3) is 0.273. The summed E-state index contributed by atoms with van der Waals surface area (Å²) in [5.74, 6) is -0.225. The average Bonchev–Trinajstić information content (AvgIpc) is 3.13. The Balaban J connectivity index is 1.48. The molecule has 27 heavy (non-hydrogen) atoms. The normalized spacial score (nSPS) is 19.3. The number of para-hydroxylation sites is 1. The lowest BCUT2D eigenvalue weighted by Crippen LogP contribution is -2.41. The number of carbonyl (C=O) groups is 1. The van der Waals surface area contributed by atoms with Gasteiger partial charge in [0.2, 0.25) is 5.56 Å². The third-order valence-corrected chi connectivity index (χ3v) is 5.07. The number of aromatic amines is 1. The minimum Gasteiger partial charge on any atom is -0.371 e. The molecule has 1 saturated carbocycles. The first kappa shape index (κ1) is 17.5. The van der Waals surface area contributed by atoms with E-state index in [9.17, 15) is 9.59 Å². The van der Waals surface area contributed by atoms with Crippen molar-refractivity contribution in [3.8, 4) is 0 Å². The van der Waals surface area contributed by atoms with E-state index >= 15 is 0 Å². The van der Waals surface area contributed by atoms with Crippen LogP contribution >= 0.6 is 0 Å². The van der Waals surface area contributed by atoms with Crippen LogP contribution in [0, 0.1) is 0 Å². The van der Waals surface area contributed by atoms with Crippen molar-refractivity contribution in [3.63, 3.8) is 0 Å². The highest BCUT2D eigenvalue weighted by molar-refractivity contribution is 6.06. The van der Waals surface area contributed by atoms with Gasteiger partial charge in [-0.15, -0.1) is 0 Å². The zero-order chi connectivity index (χ0) is 18.6. The number of amides is 1. The van der Waals surface area contributed by atoms with Crippen LogP contribution in [0.1, 0.15) is 35.2 Å². The third-order valence-electron chi connectivity index (χ3n) is 5.07. The highest BCUT2D eigenvalue weighted by Crippen LogP contribution is 2.24. The summed E-state index contributed by atoms with van der Waals surface area (Å²) >= 11 is 0. The van der Waals surface area contributed by atoms with Gasteiger partial charge < -0.3 is 15.0 Å². The Morgan fingerprint density at radius 2 is 1.85 bits per heavy atom. The molecule has 1 aliphatic rings. The van der Waals surface area contributed by atoms with E-state index in [-0.39, 0.29) is 23.6 Å². The molecule has 0 bridgehead atoms. The van der Waals surface area contributed by atoms with Crippen LogP contribution in [-0.2, 0) is 11.3 Å². The highest BCUT2D eigenvalue weighted by Gasteiger charge is 2.30. The van der Waals surface area contributed by atoms with Crippen LogP contribution in [0.2, 0.25) is 0 Å². The van der Waals surface area contributed by atoms with Crippen LogP contribution in [-0.4, -0.2) is 23.0 Å². The molecule has 1 fully saturated rings. The van der Waals surface area contributed by atoms with Crippen molar-refractivity contribution < 1.29 is 9.53 Å². The summed E-state index contributed by atoms with van der Waals surface area (Å²) in [4.78, 5) is 27.5.